The van der Waals surface area contributed by atoms with Crippen LogP contribution in [0.15, 0.2) is 36.5 Å². The second-order valence-electron chi connectivity index (χ2n) is 15.8. The van der Waals surface area contributed by atoms with Gasteiger partial charge in [-0.1, -0.05) is 198 Å². The first-order chi connectivity index (χ1) is 27.8. The number of aliphatic hydroxyl groups is 2. The highest BCUT2D eigenvalue weighted by Crippen LogP contribution is 2.43. The van der Waals surface area contributed by atoms with E-state index < -0.39 is 33.2 Å². The van der Waals surface area contributed by atoms with Crippen LogP contribution in [0.2, 0.25) is 0 Å². The second kappa shape index (κ2) is 44.2. The third-order valence-electron chi connectivity index (χ3n) is 10.1. The molecule has 3 atom stereocenters. The largest absolute Gasteiger partial charge is 0.472 e. The fourth-order valence-electron chi connectivity index (χ4n) is 6.55. The maximum Gasteiger partial charge on any atom is 0.472 e. The van der Waals surface area contributed by atoms with Crippen molar-refractivity contribution in [3.8, 4) is 0 Å². The van der Waals surface area contributed by atoms with Gasteiger partial charge in [0.2, 0.25) is 0 Å². The molecule has 57 heavy (non-hydrogen) atoms. The molecule has 0 radical (unpaired) electrons. The Labute approximate surface area is 350 Å². The fraction of sp³-hybridized carbons (Fsp3) is 0.851. The molecule has 0 fully saturated rings. The van der Waals surface area contributed by atoms with Gasteiger partial charge in [-0.05, 0) is 44.9 Å². The smallest absolute Gasteiger partial charge is 0.457 e. The topological polar surface area (TPSA) is 132 Å². The number of esters is 1. The van der Waals surface area contributed by atoms with Crippen LogP contribution in [0.1, 0.15) is 213 Å². The monoisotopic (exact) mass is 829 g/mol. The Bertz CT molecular complexity index is 986. The minimum absolute atomic E-state index is 0.0468. The van der Waals surface area contributed by atoms with Gasteiger partial charge in [0.25, 0.3) is 0 Å². The molecule has 0 aliphatic carbocycles. The van der Waals surface area contributed by atoms with Crippen molar-refractivity contribution in [1.82, 2.24) is 0 Å². The van der Waals surface area contributed by atoms with Crippen LogP contribution in [0.5, 0.6) is 0 Å². The second-order valence-corrected chi connectivity index (χ2v) is 17.2. The number of phosphoric acid groups is 1. The van der Waals surface area contributed by atoms with Crippen LogP contribution in [0.3, 0.4) is 0 Å². The summed E-state index contributed by atoms with van der Waals surface area (Å²) in [6, 6.07) is 0. The summed E-state index contributed by atoms with van der Waals surface area (Å²) in [5.74, 6) is -0.382. The van der Waals surface area contributed by atoms with Gasteiger partial charge in [-0.25, -0.2) is 4.57 Å². The lowest BCUT2D eigenvalue weighted by Crippen LogP contribution is -2.29. The summed E-state index contributed by atoms with van der Waals surface area (Å²) in [4.78, 5) is 22.6. The molecule has 0 spiro atoms. The summed E-state index contributed by atoms with van der Waals surface area (Å²) in [5.41, 5.74) is 0. The maximum absolute atomic E-state index is 12.6. The van der Waals surface area contributed by atoms with Crippen molar-refractivity contribution < 1.29 is 43.0 Å². The van der Waals surface area contributed by atoms with Crippen molar-refractivity contribution >= 4 is 13.8 Å². The molecule has 3 N–H and O–H groups in total. The first-order valence-electron chi connectivity index (χ1n) is 23.5. The molecule has 3 unspecified atom stereocenters. The number of carbonyl (C=O) groups excluding carboxylic acids is 1. The lowest BCUT2D eigenvalue weighted by molar-refractivity contribution is -0.154. The SMILES string of the molecule is CC/C=C\C/C=C\C/C=C\CCCCCCCCCCOCC(COP(=O)(O)OCC(O)CO)OC(=O)CCCCCCCCCCCCCCCCCCCC. The number of ether oxygens (including phenoxy) is 2. The molecule has 336 valence electrons. The number of unbranched alkanes of at least 4 members (excludes halogenated alkanes) is 25. The van der Waals surface area contributed by atoms with Gasteiger partial charge in [0.15, 0.2) is 0 Å². The molecule has 0 aromatic heterocycles. The summed E-state index contributed by atoms with van der Waals surface area (Å²) in [6.45, 7) is 3.43. The average Bonchev–Trinajstić information content (AvgIpc) is 3.20. The van der Waals surface area contributed by atoms with Crippen LogP contribution in [0.4, 0.5) is 0 Å². The van der Waals surface area contributed by atoms with E-state index in [1.807, 2.05) is 0 Å². The van der Waals surface area contributed by atoms with Crippen molar-refractivity contribution in [2.75, 3.05) is 33.0 Å². The van der Waals surface area contributed by atoms with Gasteiger partial charge in [-0.15, -0.1) is 0 Å². The third kappa shape index (κ3) is 44.1. The van der Waals surface area contributed by atoms with Gasteiger partial charge in [0.1, 0.15) is 12.2 Å². The van der Waals surface area contributed by atoms with Crippen LogP contribution >= 0.6 is 7.82 Å². The van der Waals surface area contributed by atoms with Crippen molar-refractivity contribution in [2.45, 2.75) is 225 Å². The first-order valence-corrected chi connectivity index (χ1v) is 25.0. The average molecular weight is 829 g/mol. The van der Waals surface area contributed by atoms with E-state index in [9.17, 15) is 19.4 Å². The van der Waals surface area contributed by atoms with Crippen LogP contribution in [-0.2, 0) is 27.9 Å². The number of carbonyl (C=O) groups is 1. The molecule has 0 aliphatic rings. The van der Waals surface area contributed by atoms with Crippen molar-refractivity contribution in [3.63, 3.8) is 0 Å². The molecule has 0 saturated heterocycles. The maximum atomic E-state index is 12.6. The molecule has 0 heterocycles. The van der Waals surface area contributed by atoms with Gasteiger partial charge in [0, 0.05) is 13.0 Å². The van der Waals surface area contributed by atoms with Crippen molar-refractivity contribution in [1.29, 1.82) is 0 Å². The van der Waals surface area contributed by atoms with E-state index in [0.29, 0.717) is 6.61 Å². The summed E-state index contributed by atoms with van der Waals surface area (Å²) in [7, 11) is -4.52. The van der Waals surface area contributed by atoms with E-state index in [4.69, 9.17) is 23.6 Å². The molecular weight excluding hydrogens is 739 g/mol. The van der Waals surface area contributed by atoms with Crippen LogP contribution in [0.25, 0.3) is 0 Å². The van der Waals surface area contributed by atoms with Gasteiger partial charge >= 0.3 is 13.8 Å². The Kier molecular flexibility index (Phi) is 43.2. The van der Waals surface area contributed by atoms with Gasteiger partial charge in [-0.3, -0.25) is 13.8 Å². The summed E-state index contributed by atoms with van der Waals surface area (Å²) in [6.07, 6.45) is 48.2. The van der Waals surface area contributed by atoms with E-state index in [1.54, 1.807) is 0 Å². The number of aliphatic hydroxyl groups excluding tert-OH is 2. The van der Waals surface area contributed by atoms with E-state index in [1.165, 1.54) is 128 Å². The van der Waals surface area contributed by atoms with Gasteiger partial charge in [-0.2, -0.15) is 0 Å². The summed E-state index contributed by atoms with van der Waals surface area (Å²) >= 11 is 0. The number of hydrogen-bond donors (Lipinski definition) is 3. The quantitative estimate of drug-likeness (QED) is 0.0237. The Morgan fingerprint density at radius 3 is 1.51 bits per heavy atom. The molecule has 0 rings (SSSR count). The van der Waals surface area contributed by atoms with E-state index in [0.717, 1.165) is 64.2 Å². The fourth-order valence-corrected chi connectivity index (χ4v) is 7.34. The molecule has 0 bridgehead atoms. The highest BCUT2D eigenvalue weighted by Gasteiger charge is 2.26. The Hall–Kier alpha value is -1.32. The summed E-state index contributed by atoms with van der Waals surface area (Å²) < 4.78 is 33.4. The van der Waals surface area contributed by atoms with Gasteiger partial charge < -0.3 is 24.6 Å². The zero-order valence-electron chi connectivity index (χ0n) is 36.8. The lowest BCUT2D eigenvalue weighted by atomic mass is 10.0. The lowest BCUT2D eigenvalue weighted by Gasteiger charge is -2.20. The Balaban J connectivity index is 4.11. The standard InChI is InChI=1S/C47H89O9P/c1-3-5-7-9-11-13-15-17-19-21-23-25-27-29-31-33-35-37-39-47(50)56-46(44-55-57(51,52)54-42-45(49)41-48)43-53-40-38-36-34-32-30-28-26-24-22-20-18-16-14-12-10-8-6-4-2/h6,8,12,14,18,20,45-46,48-49H,3-5,7,9-11,13,15-17,19,21-44H2,1-2H3,(H,51,52)/b8-6-,14-12-,20-18-. The predicted molar refractivity (Wildman–Crippen MR) is 237 cm³/mol. The van der Waals surface area contributed by atoms with Crippen molar-refractivity contribution in [3.05, 3.63) is 36.5 Å². The normalized spacial score (nSPS) is 14.3. The van der Waals surface area contributed by atoms with E-state index in [2.05, 4.69) is 50.3 Å². The highest BCUT2D eigenvalue weighted by molar-refractivity contribution is 7.47. The zero-order valence-corrected chi connectivity index (χ0v) is 37.7. The van der Waals surface area contributed by atoms with E-state index >= 15 is 0 Å². The summed E-state index contributed by atoms with van der Waals surface area (Å²) in [5, 5.41) is 18.4. The van der Waals surface area contributed by atoms with Crippen molar-refractivity contribution in [2.24, 2.45) is 0 Å². The molecule has 0 aliphatic heterocycles. The van der Waals surface area contributed by atoms with Crippen LogP contribution < -0.4 is 0 Å². The zero-order chi connectivity index (χ0) is 41.8. The highest BCUT2D eigenvalue weighted by atomic mass is 31.2. The molecule has 10 heteroatoms. The number of rotatable bonds is 45. The van der Waals surface area contributed by atoms with Gasteiger partial charge in [0.05, 0.1) is 26.4 Å². The molecule has 0 aromatic rings. The molecule has 0 saturated carbocycles. The van der Waals surface area contributed by atoms with Crippen LogP contribution in [-0.4, -0.2) is 66.3 Å². The third-order valence-corrected chi connectivity index (χ3v) is 11.0. The molecule has 0 aromatic carbocycles. The Morgan fingerprint density at radius 2 is 1.00 bits per heavy atom. The Morgan fingerprint density at radius 1 is 0.561 bits per heavy atom. The van der Waals surface area contributed by atoms with E-state index in [-0.39, 0.29) is 25.6 Å². The predicted octanol–water partition coefficient (Wildman–Crippen LogP) is 13.2. The molecule has 0 amide bonds. The number of phosphoric ester groups is 1. The molecule has 9 nitrogen and oxygen atoms in total. The van der Waals surface area contributed by atoms with Crippen LogP contribution in [0, 0.1) is 0 Å². The number of hydrogen-bond acceptors (Lipinski definition) is 8. The molecular formula is C47H89O9P. The first kappa shape index (κ1) is 55.7. The minimum Gasteiger partial charge on any atom is -0.457 e. The number of allylic oxidation sites excluding steroid dienone is 6. The minimum atomic E-state index is -4.52.